The molecule has 4 nitrogen and oxygen atoms in total. The van der Waals surface area contributed by atoms with Crippen molar-refractivity contribution in [3.05, 3.63) is 47.2 Å². The van der Waals surface area contributed by atoms with Crippen LogP contribution in [0.2, 0.25) is 5.02 Å². The van der Waals surface area contributed by atoms with Crippen LogP contribution in [0.1, 0.15) is 18.6 Å². The van der Waals surface area contributed by atoms with Crippen LogP contribution in [-0.2, 0) is 11.3 Å². The Morgan fingerprint density at radius 1 is 1.32 bits per heavy atom. The van der Waals surface area contributed by atoms with Crippen molar-refractivity contribution in [3.8, 4) is 0 Å². The highest BCUT2D eigenvalue weighted by atomic mass is 35.5. The fourth-order valence-corrected chi connectivity index (χ4v) is 3.57. The van der Waals surface area contributed by atoms with Crippen molar-refractivity contribution >= 4 is 29.3 Å². The first-order chi connectivity index (χ1) is 10.6. The van der Waals surface area contributed by atoms with Crippen LogP contribution in [0.15, 0.2) is 50.8 Å². The Morgan fingerprint density at radius 2 is 2.09 bits per heavy atom. The van der Waals surface area contributed by atoms with Gasteiger partial charge in [0.1, 0.15) is 5.76 Å². The van der Waals surface area contributed by atoms with E-state index in [9.17, 15) is 4.79 Å². The highest BCUT2D eigenvalue weighted by molar-refractivity contribution is 7.99. The number of carbonyl (C=O) groups excluding carboxylic acids is 1. The van der Waals surface area contributed by atoms with Crippen LogP contribution in [-0.4, -0.2) is 23.4 Å². The SMILES string of the molecule is NC(=O)[C@H]1CCCN1Cc1ccc(Sc2ccc(Cl)cc2)o1. The molecule has 0 saturated carbocycles. The highest BCUT2D eigenvalue weighted by Crippen LogP contribution is 2.31. The summed E-state index contributed by atoms with van der Waals surface area (Å²) >= 11 is 7.42. The molecule has 0 aliphatic carbocycles. The van der Waals surface area contributed by atoms with Crippen LogP contribution >= 0.6 is 23.4 Å². The van der Waals surface area contributed by atoms with Crippen LogP contribution in [0.25, 0.3) is 0 Å². The van der Waals surface area contributed by atoms with E-state index in [-0.39, 0.29) is 11.9 Å². The lowest BCUT2D eigenvalue weighted by molar-refractivity contribution is -0.122. The second kappa shape index (κ2) is 6.77. The van der Waals surface area contributed by atoms with E-state index in [1.54, 1.807) is 11.8 Å². The molecule has 2 N–H and O–H groups in total. The first kappa shape index (κ1) is 15.5. The fourth-order valence-electron chi connectivity index (χ4n) is 2.65. The lowest BCUT2D eigenvalue weighted by Crippen LogP contribution is -2.39. The Balaban J connectivity index is 1.63. The molecule has 1 aromatic carbocycles. The second-order valence-electron chi connectivity index (χ2n) is 5.31. The van der Waals surface area contributed by atoms with Crippen molar-refractivity contribution in [2.45, 2.75) is 35.4 Å². The van der Waals surface area contributed by atoms with Gasteiger partial charge in [-0.15, -0.1) is 0 Å². The number of rotatable bonds is 5. The van der Waals surface area contributed by atoms with Crippen LogP contribution in [0.3, 0.4) is 0 Å². The van der Waals surface area contributed by atoms with Gasteiger partial charge in [0.25, 0.3) is 0 Å². The molecule has 116 valence electrons. The summed E-state index contributed by atoms with van der Waals surface area (Å²) in [6.45, 7) is 1.50. The molecule has 1 atom stereocenters. The maximum atomic E-state index is 11.4. The second-order valence-corrected chi connectivity index (χ2v) is 6.82. The van der Waals surface area contributed by atoms with Crippen molar-refractivity contribution < 1.29 is 9.21 Å². The zero-order chi connectivity index (χ0) is 15.5. The van der Waals surface area contributed by atoms with Crippen molar-refractivity contribution in [1.29, 1.82) is 0 Å². The van der Waals surface area contributed by atoms with Gasteiger partial charge in [-0.2, -0.15) is 0 Å². The molecule has 1 aromatic heterocycles. The van der Waals surface area contributed by atoms with Gasteiger partial charge in [-0.25, -0.2) is 0 Å². The minimum atomic E-state index is -0.250. The first-order valence-corrected chi connectivity index (χ1v) is 8.37. The van der Waals surface area contributed by atoms with Crippen molar-refractivity contribution in [1.82, 2.24) is 4.90 Å². The number of primary amides is 1. The Morgan fingerprint density at radius 3 is 2.82 bits per heavy atom. The predicted octanol–water partition coefficient (Wildman–Crippen LogP) is 3.53. The van der Waals surface area contributed by atoms with E-state index < -0.39 is 0 Å². The van der Waals surface area contributed by atoms with Crippen molar-refractivity contribution in [2.75, 3.05) is 6.54 Å². The zero-order valence-corrected chi connectivity index (χ0v) is 13.6. The average Bonchev–Trinajstić information content (AvgIpc) is 3.11. The Labute approximate surface area is 138 Å². The fraction of sp³-hybridized carbons (Fsp3) is 0.312. The number of nitrogens with zero attached hydrogens (tertiary/aromatic N) is 1. The standard InChI is InChI=1S/C16H17ClN2O2S/c17-11-3-6-13(7-4-11)22-15-8-5-12(21-15)10-19-9-1-2-14(19)16(18)20/h3-8,14H,1-2,9-10H2,(H2,18,20)/t14-/m1/s1. The van der Waals surface area contributed by atoms with Gasteiger partial charge in [0.05, 0.1) is 12.6 Å². The number of likely N-dealkylation sites (tertiary alicyclic amines) is 1. The smallest absolute Gasteiger partial charge is 0.234 e. The lowest BCUT2D eigenvalue weighted by Gasteiger charge is -2.20. The van der Waals surface area contributed by atoms with Gasteiger partial charge in [-0.05, 0) is 55.8 Å². The van der Waals surface area contributed by atoms with Gasteiger partial charge < -0.3 is 10.2 Å². The minimum absolute atomic E-state index is 0.169. The molecule has 1 saturated heterocycles. The Hall–Kier alpha value is -1.43. The molecule has 1 aliphatic heterocycles. The van der Waals surface area contributed by atoms with E-state index in [1.807, 2.05) is 36.4 Å². The molecule has 2 heterocycles. The highest BCUT2D eigenvalue weighted by Gasteiger charge is 2.29. The van der Waals surface area contributed by atoms with E-state index in [1.165, 1.54) is 0 Å². The van der Waals surface area contributed by atoms with Crippen molar-refractivity contribution in [3.63, 3.8) is 0 Å². The molecule has 2 aromatic rings. The van der Waals surface area contributed by atoms with Gasteiger partial charge in [-0.1, -0.05) is 23.4 Å². The van der Waals surface area contributed by atoms with Gasteiger partial charge in [0.15, 0.2) is 5.09 Å². The summed E-state index contributed by atoms with van der Waals surface area (Å²) in [6, 6.07) is 11.4. The van der Waals surface area contributed by atoms with Crippen LogP contribution in [0.5, 0.6) is 0 Å². The summed E-state index contributed by atoms with van der Waals surface area (Å²) in [5.41, 5.74) is 5.44. The summed E-state index contributed by atoms with van der Waals surface area (Å²) in [7, 11) is 0. The zero-order valence-electron chi connectivity index (χ0n) is 12.0. The summed E-state index contributed by atoms with van der Waals surface area (Å²) in [4.78, 5) is 14.6. The predicted molar refractivity (Wildman–Crippen MR) is 86.9 cm³/mol. The topological polar surface area (TPSA) is 59.5 Å². The quantitative estimate of drug-likeness (QED) is 0.907. The number of carbonyl (C=O) groups is 1. The molecule has 0 unspecified atom stereocenters. The average molecular weight is 337 g/mol. The van der Waals surface area contributed by atoms with Crippen molar-refractivity contribution in [2.24, 2.45) is 5.73 Å². The van der Waals surface area contributed by atoms with E-state index in [4.69, 9.17) is 21.8 Å². The molecule has 6 heteroatoms. The molecule has 3 rings (SSSR count). The molecule has 1 fully saturated rings. The number of amides is 1. The molecule has 1 aliphatic rings. The third-order valence-corrected chi connectivity index (χ3v) is 4.90. The molecule has 1 amide bonds. The molecular weight excluding hydrogens is 320 g/mol. The van der Waals surface area contributed by atoms with Crippen LogP contribution in [0, 0.1) is 0 Å². The minimum Gasteiger partial charge on any atom is -0.453 e. The molecule has 22 heavy (non-hydrogen) atoms. The van der Waals surface area contributed by atoms with E-state index in [0.717, 1.165) is 40.2 Å². The summed E-state index contributed by atoms with van der Waals surface area (Å²) in [5.74, 6) is 0.601. The van der Waals surface area contributed by atoms with Gasteiger partial charge in [-0.3, -0.25) is 9.69 Å². The third kappa shape index (κ3) is 3.66. The maximum absolute atomic E-state index is 11.4. The Kier molecular flexibility index (Phi) is 4.76. The molecule has 0 spiro atoms. The molecular formula is C16H17ClN2O2S. The van der Waals surface area contributed by atoms with Gasteiger partial charge in [0.2, 0.25) is 5.91 Å². The third-order valence-electron chi connectivity index (χ3n) is 3.72. The van der Waals surface area contributed by atoms with E-state index in [0.29, 0.717) is 6.54 Å². The summed E-state index contributed by atoms with van der Waals surface area (Å²) in [6.07, 6.45) is 1.84. The number of nitrogens with two attached hydrogens (primary N) is 1. The van der Waals surface area contributed by atoms with Gasteiger partial charge >= 0.3 is 0 Å². The van der Waals surface area contributed by atoms with E-state index in [2.05, 4.69) is 4.90 Å². The number of hydrogen-bond donors (Lipinski definition) is 1. The first-order valence-electron chi connectivity index (χ1n) is 7.17. The van der Waals surface area contributed by atoms with Gasteiger partial charge in [0, 0.05) is 9.92 Å². The van der Waals surface area contributed by atoms with Crippen LogP contribution in [0.4, 0.5) is 0 Å². The molecule has 0 bridgehead atoms. The number of halogens is 1. The summed E-state index contributed by atoms with van der Waals surface area (Å²) in [5, 5.41) is 1.54. The van der Waals surface area contributed by atoms with E-state index >= 15 is 0 Å². The number of hydrogen-bond acceptors (Lipinski definition) is 4. The lowest BCUT2D eigenvalue weighted by atomic mass is 10.2. The number of benzene rings is 1. The largest absolute Gasteiger partial charge is 0.453 e. The number of furan rings is 1. The maximum Gasteiger partial charge on any atom is 0.234 e. The molecule has 0 radical (unpaired) electrons. The monoisotopic (exact) mass is 336 g/mol. The normalized spacial score (nSPS) is 18.7. The summed E-state index contributed by atoms with van der Waals surface area (Å²) < 4.78 is 5.84. The van der Waals surface area contributed by atoms with Crippen LogP contribution < -0.4 is 5.73 Å². The Bertz CT molecular complexity index is 656.